The summed E-state index contributed by atoms with van der Waals surface area (Å²) in [5.41, 5.74) is 2.09. The summed E-state index contributed by atoms with van der Waals surface area (Å²) in [7, 11) is -3.66. The highest BCUT2D eigenvalue weighted by atomic mass is 32.2. The summed E-state index contributed by atoms with van der Waals surface area (Å²) in [6.07, 6.45) is 4.99. The van der Waals surface area contributed by atoms with Crippen molar-refractivity contribution in [1.29, 1.82) is 0 Å². The van der Waals surface area contributed by atoms with E-state index in [9.17, 15) is 17.6 Å². The average molecular weight is 545 g/mol. The van der Waals surface area contributed by atoms with Crippen molar-refractivity contribution in [3.8, 4) is 11.3 Å². The Balaban J connectivity index is 2.00. The van der Waals surface area contributed by atoms with E-state index < -0.39 is 33.6 Å². The summed E-state index contributed by atoms with van der Waals surface area (Å²) in [6, 6.07) is 9.47. The Morgan fingerprint density at radius 1 is 1.11 bits per heavy atom. The topological polar surface area (TPSA) is 103 Å². The van der Waals surface area contributed by atoms with E-state index in [1.807, 2.05) is 24.3 Å². The van der Waals surface area contributed by atoms with Crippen LogP contribution in [0.15, 0.2) is 48.8 Å². The number of halogens is 1. The second-order valence-corrected chi connectivity index (χ2v) is 13.1. The molecule has 0 saturated carbocycles. The Kier molecular flexibility index (Phi) is 8.78. The predicted octanol–water partition coefficient (Wildman–Crippen LogP) is 5.68. The van der Waals surface area contributed by atoms with Crippen LogP contribution in [0.5, 0.6) is 0 Å². The molecule has 0 aliphatic rings. The minimum atomic E-state index is -3.66. The number of hydrogen-bond acceptors (Lipinski definition) is 6. The van der Waals surface area contributed by atoms with E-state index in [0.717, 1.165) is 30.0 Å². The van der Waals surface area contributed by atoms with Gasteiger partial charge in [-0.3, -0.25) is 4.98 Å². The number of aromatic nitrogens is 3. The standard InChI is InChI=1S/C28H37FN4O4S/c1-8-28(5,6)16-22-18-33(26(34)37-27(2,3)4)25(31-22)24(32-38(7,35)36)15-19-9-11-20(12-10-19)23-14-13-21(29)17-30-23/h9-14,17-18,24,32H,8,15-16H2,1-7H3. The van der Waals surface area contributed by atoms with Crippen molar-refractivity contribution >= 4 is 16.1 Å². The van der Waals surface area contributed by atoms with Gasteiger partial charge in [-0.1, -0.05) is 51.5 Å². The van der Waals surface area contributed by atoms with Gasteiger partial charge in [-0.15, -0.1) is 0 Å². The number of nitrogens with one attached hydrogen (secondary N) is 1. The van der Waals surface area contributed by atoms with E-state index >= 15 is 0 Å². The third-order valence-corrected chi connectivity index (χ3v) is 6.79. The van der Waals surface area contributed by atoms with E-state index in [1.54, 1.807) is 33.0 Å². The number of nitrogens with zero attached hydrogens (tertiary/aromatic N) is 3. The first-order chi connectivity index (χ1) is 17.5. The fourth-order valence-corrected chi connectivity index (χ4v) is 4.59. The fourth-order valence-electron chi connectivity index (χ4n) is 3.89. The fraction of sp³-hybridized carbons (Fsp3) is 0.464. The molecule has 1 unspecified atom stereocenters. The summed E-state index contributed by atoms with van der Waals surface area (Å²) in [5.74, 6) is -0.155. The van der Waals surface area contributed by atoms with Crippen molar-refractivity contribution in [2.24, 2.45) is 5.41 Å². The quantitative estimate of drug-likeness (QED) is 0.372. The van der Waals surface area contributed by atoms with Crippen LogP contribution in [0.4, 0.5) is 9.18 Å². The number of hydrogen-bond donors (Lipinski definition) is 1. The highest BCUT2D eigenvalue weighted by Gasteiger charge is 2.29. The number of carbonyl (C=O) groups is 1. The second-order valence-electron chi connectivity index (χ2n) is 11.3. The minimum absolute atomic E-state index is 0.0611. The van der Waals surface area contributed by atoms with Gasteiger partial charge in [-0.2, -0.15) is 0 Å². The van der Waals surface area contributed by atoms with Gasteiger partial charge in [0.25, 0.3) is 0 Å². The molecule has 1 atom stereocenters. The van der Waals surface area contributed by atoms with E-state index in [4.69, 9.17) is 9.72 Å². The van der Waals surface area contributed by atoms with Crippen LogP contribution in [-0.2, 0) is 27.6 Å². The first-order valence-electron chi connectivity index (χ1n) is 12.5. The van der Waals surface area contributed by atoms with Crippen LogP contribution in [0.25, 0.3) is 11.3 Å². The molecule has 0 aliphatic heterocycles. The smallest absolute Gasteiger partial charge is 0.420 e. The van der Waals surface area contributed by atoms with Crippen molar-refractivity contribution < 1.29 is 22.3 Å². The molecule has 0 bridgehead atoms. The molecule has 3 rings (SSSR count). The van der Waals surface area contributed by atoms with Crippen LogP contribution in [0.1, 0.15) is 71.1 Å². The van der Waals surface area contributed by atoms with Crippen LogP contribution in [0.2, 0.25) is 0 Å². The summed E-state index contributed by atoms with van der Waals surface area (Å²) in [5, 5.41) is 0. The van der Waals surface area contributed by atoms with Gasteiger partial charge in [-0.05, 0) is 56.7 Å². The molecule has 10 heteroatoms. The molecule has 2 heterocycles. The van der Waals surface area contributed by atoms with Gasteiger partial charge in [0.15, 0.2) is 0 Å². The molecule has 206 valence electrons. The van der Waals surface area contributed by atoms with Crippen molar-refractivity contribution in [1.82, 2.24) is 19.3 Å². The maximum absolute atomic E-state index is 13.2. The maximum atomic E-state index is 13.2. The van der Waals surface area contributed by atoms with E-state index in [-0.39, 0.29) is 17.7 Å². The number of rotatable bonds is 9. The molecule has 0 radical (unpaired) electrons. The lowest BCUT2D eigenvalue weighted by molar-refractivity contribution is 0.0529. The number of ether oxygens (including phenoxy) is 1. The SMILES string of the molecule is CCC(C)(C)Cc1cn(C(=O)OC(C)(C)C)c(C(Cc2ccc(-c3ccc(F)cn3)cc2)NS(C)(=O)=O)n1. The number of carbonyl (C=O) groups excluding carboxylic acids is 1. The minimum Gasteiger partial charge on any atom is -0.443 e. The van der Waals surface area contributed by atoms with E-state index in [1.165, 1.54) is 10.6 Å². The van der Waals surface area contributed by atoms with Crippen LogP contribution < -0.4 is 4.72 Å². The van der Waals surface area contributed by atoms with Crippen molar-refractivity contribution in [2.75, 3.05) is 6.26 Å². The highest BCUT2D eigenvalue weighted by molar-refractivity contribution is 7.88. The van der Waals surface area contributed by atoms with E-state index in [2.05, 4.69) is 30.5 Å². The van der Waals surface area contributed by atoms with Crippen LogP contribution in [0, 0.1) is 11.2 Å². The molecule has 0 spiro atoms. The normalized spacial score (nSPS) is 13.4. The molecule has 0 fully saturated rings. The Hall–Kier alpha value is -3.11. The number of sulfonamides is 1. The van der Waals surface area contributed by atoms with Gasteiger partial charge in [0.1, 0.15) is 17.2 Å². The van der Waals surface area contributed by atoms with Gasteiger partial charge >= 0.3 is 6.09 Å². The summed E-state index contributed by atoms with van der Waals surface area (Å²) < 4.78 is 47.5. The molecule has 1 N–H and O–H groups in total. The average Bonchev–Trinajstić information content (AvgIpc) is 3.21. The largest absolute Gasteiger partial charge is 0.443 e. The number of benzene rings is 1. The summed E-state index contributed by atoms with van der Waals surface area (Å²) >= 11 is 0. The monoisotopic (exact) mass is 544 g/mol. The third kappa shape index (κ3) is 8.46. The lowest BCUT2D eigenvalue weighted by Gasteiger charge is -2.22. The zero-order chi connectivity index (χ0) is 28.3. The summed E-state index contributed by atoms with van der Waals surface area (Å²) in [4.78, 5) is 22.0. The number of imidazole rings is 1. The Labute approximate surface area is 224 Å². The molecule has 1 aromatic carbocycles. The molecule has 0 amide bonds. The zero-order valence-corrected chi connectivity index (χ0v) is 23.9. The van der Waals surface area contributed by atoms with Gasteiger partial charge < -0.3 is 4.74 Å². The van der Waals surface area contributed by atoms with Crippen molar-refractivity contribution in [3.05, 3.63) is 71.7 Å². The van der Waals surface area contributed by atoms with Crippen LogP contribution >= 0.6 is 0 Å². The Morgan fingerprint density at radius 2 is 1.76 bits per heavy atom. The Morgan fingerprint density at radius 3 is 2.29 bits per heavy atom. The van der Waals surface area contributed by atoms with Crippen LogP contribution in [0.3, 0.4) is 0 Å². The highest BCUT2D eigenvalue weighted by Crippen LogP contribution is 2.28. The molecule has 8 nitrogen and oxygen atoms in total. The van der Waals surface area contributed by atoms with Crippen molar-refractivity contribution in [3.63, 3.8) is 0 Å². The molecular formula is C28H37FN4O4S. The first-order valence-corrected chi connectivity index (χ1v) is 14.4. The Bertz CT molecular complexity index is 1360. The molecule has 3 aromatic rings. The van der Waals surface area contributed by atoms with E-state index in [0.29, 0.717) is 17.8 Å². The maximum Gasteiger partial charge on any atom is 0.420 e. The molecule has 0 aliphatic carbocycles. The lowest BCUT2D eigenvalue weighted by Crippen LogP contribution is -2.34. The molecule has 2 aromatic heterocycles. The number of pyridine rings is 1. The first kappa shape index (κ1) is 29.4. The van der Waals surface area contributed by atoms with Gasteiger partial charge in [0.2, 0.25) is 10.0 Å². The summed E-state index contributed by atoms with van der Waals surface area (Å²) in [6.45, 7) is 11.6. The molecular weight excluding hydrogens is 507 g/mol. The van der Waals surface area contributed by atoms with Crippen molar-refractivity contribution in [2.45, 2.75) is 72.4 Å². The third-order valence-electron chi connectivity index (χ3n) is 6.07. The van der Waals surface area contributed by atoms with Gasteiger partial charge in [-0.25, -0.2) is 31.9 Å². The molecule has 0 saturated heterocycles. The van der Waals surface area contributed by atoms with Crippen LogP contribution in [-0.4, -0.2) is 40.9 Å². The lowest BCUT2D eigenvalue weighted by atomic mass is 9.85. The molecule has 38 heavy (non-hydrogen) atoms. The zero-order valence-electron chi connectivity index (χ0n) is 23.1. The second kappa shape index (κ2) is 11.3. The predicted molar refractivity (Wildman–Crippen MR) is 146 cm³/mol. The van der Waals surface area contributed by atoms with Gasteiger partial charge in [0.05, 0.1) is 29.9 Å². The van der Waals surface area contributed by atoms with Gasteiger partial charge in [0, 0.05) is 11.8 Å².